The molecule has 1 aliphatic heterocycles. The Balaban J connectivity index is 1.83. The van der Waals surface area contributed by atoms with E-state index in [1.165, 1.54) is 5.56 Å². The van der Waals surface area contributed by atoms with E-state index in [0.717, 1.165) is 30.9 Å². The predicted octanol–water partition coefficient (Wildman–Crippen LogP) is 3.86. The molecular formula is C19H22ClNO2. The zero-order valence-corrected chi connectivity index (χ0v) is 14.0. The van der Waals surface area contributed by atoms with Crippen molar-refractivity contribution < 1.29 is 9.84 Å². The number of alkyl halides is 1. The minimum absolute atomic E-state index is 0.187. The van der Waals surface area contributed by atoms with Crippen LogP contribution in [0.5, 0.6) is 11.5 Å². The first-order chi connectivity index (χ1) is 11.2. The van der Waals surface area contributed by atoms with Gasteiger partial charge in [0, 0.05) is 37.0 Å². The number of phenolic OH excluding ortho intramolecular Hbond substituents is 1. The fraction of sp³-hybridized carbons (Fsp3) is 0.368. The van der Waals surface area contributed by atoms with Crippen LogP contribution in [0.25, 0.3) is 0 Å². The molecule has 0 saturated carbocycles. The third-order valence-electron chi connectivity index (χ3n) is 4.60. The number of ether oxygens (including phenoxy) is 1. The molecule has 0 aromatic heterocycles. The van der Waals surface area contributed by atoms with Gasteiger partial charge in [-0.1, -0.05) is 36.4 Å². The van der Waals surface area contributed by atoms with Gasteiger partial charge in [0.1, 0.15) is 11.5 Å². The molecular weight excluding hydrogens is 310 g/mol. The highest BCUT2D eigenvalue weighted by Gasteiger charge is 2.36. The van der Waals surface area contributed by atoms with Gasteiger partial charge in [-0.2, -0.15) is 0 Å². The second-order valence-electron chi connectivity index (χ2n) is 6.09. The molecule has 0 bridgehead atoms. The fourth-order valence-corrected chi connectivity index (χ4v) is 3.81. The monoisotopic (exact) mass is 331 g/mol. The highest BCUT2D eigenvalue weighted by atomic mass is 35.5. The predicted molar refractivity (Wildman–Crippen MR) is 93.3 cm³/mol. The number of rotatable bonds is 5. The summed E-state index contributed by atoms with van der Waals surface area (Å²) < 4.78 is 5.46. The molecule has 1 N–H and O–H groups in total. The third kappa shape index (κ3) is 3.46. The van der Waals surface area contributed by atoms with Gasteiger partial charge in [0.05, 0.1) is 7.11 Å². The molecule has 23 heavy (non-hydrogen) atoms. The molecule has 3 rings (SSSR count). The molecule has 1 heterocycles. The van der Waals surface area contributed by atoms with Crippen molar-refractivity contribution in [1.29, 1.82) is 0 Å². The number of likely N-dealkylation sites (tertiary alicyclic amines) is 1. The van der Waals surface area contributed by atoms with E-state index in [2.05, 4.69) is 29.2 Å². The average Bonchev–Trinajstić information content (AvgIpc) is 2.97. The van der Waals surface area contributed by atoms with Gasteiger partial charge < -0.3 is 9.84 Å². The second kappa shape index (κ2) is 7.24. The number of benzene rings is 2. The summed E-state index contributed by atoms with van der Waals surface area (Å²) in [6.07, 6.45) is 0. The van der Waals surface area contributed by atoms with Crippen LogP contribution in [-0.4, -0.2) is 36.1 Å². The smallest absolute Gasteiger partial charge is 0.126 e. The first kappa shape index (κ1) is 16.2. The molecule has 0 spiro atoms. The third-order valence-corrected chi connectivity index (χ3v) is 4.99. The summed E-state index contributed by atoms with van der Waals surface area (Å²) >= 11 is 6.22. The van der Waals surface area contributed by atoms with Crippen LogP contribution >= 0.6 is 11.6 Å². The Bertz CT molecular complexity index is 647. The topological polar surface area (TPSA) is 32.7 Å². The van der Waals surface area contributed by atoms with Crippen molar-refractivity contribution in [1.82, 2.24) is 4.90 Å². The maximum absolute atomic E-state index is 10.3. The first-order valence-electron chi connectivity index (χ1n) is 7.91. The summed E-state index contributed by atoms with van der Waals surface area (Å²) in [5.74, 6) is 2.11. The Morgan fingerprint density at radius 1 is 1.13 bits per heavy atom. The number of hydrogen-bond acceptors (Lipinski definition) is 3. The Hall–Kier alpha value is -1.71. The molecule has 1 aliphatic rings. The van der Waals surface area contributed by atoms with Gasteiger partial charge in [-0.25, -0.2) is 0 Å². The molecule has 2 aromatic carbocycles. The largest absolute Gasteiger partial charge is 0.508 e. The average molecular weight is 332 g/mol. The lowest BCUT2D eigenvalue weighted by molar-refractivity contribution is 0.318. The number of nitrogens with zero attached hydrogens (tertiary/aromatic N) is 1. The zero-order chi connectivity index (χ0) is 16.2. The van der Waals surface area contributed by atoms with Crippen LogP contribution in [0.3, 0.4) is 0 Å². The van der Waals surface area contributed by atoms with Gasteiger partial charge >= 0.3 is 0 Å². The van der Waals surface area contributed by atoms with Gasteiger partial charge in [0.25, 0.3) is 0 Å². The quantitative estimate of drug-likeness (QED) is 0.845. The highest BCUT2D eigenvalue weighted by molar-refractivity contribution is 6.18. The highest BCUT2D eigenvalue weighted by Crippen LogP contribution is 2.42. The summed E-state index contributed by atoms with van der Waals surface area (Å²) in [6, 6.07) is 15.9. The van der Waals surface area contributed by atoms with Crippen molar-refractivity contribution >= 4 is 11.6 Å². The van der Waals surface area contributed by atoms with E-state index in [-0.39, 0.29) is 5.92 Å². The van der Waals surface area contributed by atoms with E-state index in [0.29, 0.717) is 17.5 Å². The van der Waals surface area contributed by atoms with Crippen LogP contribution in [0.1, 0.15) is 17.0 Å². The van der Waals surface area contributed by atoms with Crippen molar-refractivity contribution in [3.05, 3.63) is 59.7 Å². The van der Waals surface area contributed by atoms with Crippen molar-refractivity contribution in [3.8, 4) is 11.5 Å². The van der Waals surface area contributed by atoms with Gasteiger partial charge in [0.2, 0.25) is 0 Å². The Morgan fingerprint density at radius 3 is 2.61 bits per heavy atom. The van der Waals surface area contributed by atoms with Crippen LogP contribution in [0.4, 0.5) is 0 Å². The lowest BCUT2D eigenvalue weighted by Crippen LogP contribution is -2.20. The molecule has 0 radical (unpaired) electrons. The van der Waals surface area contributed by atoms with E-state index in [4.69, 9.17) is 16.3 Å². The SMILES string of the molecule is COc1cccc(O)c1[C@H]1CN(Cc2ccccc2)C[C@@H]1CCl. The molecule has 1 saturated heterocycles. The first-order valence-corrected chi connectivity index (χ1v) is 8.44. The maximum atomic E-state index is 10.3. The lowest BCUT2D eigenvalue weighted by Gasteiger charge is -2.20. The van der Waals surface area contributed by atoms with E-state index in [1.54, 1.807) is 13.2 Å². The summed E-state index contributed by atoms with van der Waals surface area (Å²) in [7, 11) is 1.64. The van der Waals surface area contributed by atoms with Crippen LogP contribution in [-0.2, 0) is 6.54 Å². The minimum Gasteiger partial charge on any atom is -0.508 e. The van der Waals surface area contributed by atoms with Gasteiger partial charge in [-0.05, 0) is 23.6 Å². The van der Waals surface area contributed by atoms with E-state index >= 15 is 0 Å². The second-order valence-corrected chi connectivity index (χ2v) is 6.40. The van der Waals surface area contributed by atoms with Crippen LogP contribution in [0, 0.1) is 5.92 Å². The van der Waals surface area contributed by atoms with E-state index in [9.17, 15) is 5.11 Å². The van der Waals surface area contributed by atoms with E-state index in [1.807, 2.05) is 18.2 Å². The minimum atomic E-state index is 0.187. The molecule has 0 aliphatic carbocycles. The van der Waals surface area contributed by atoms with Gasteiger partial charge in [0.15, 0.2) is 0 Å². The number of methoxy groups -OCH3 is 1. The molecule has 122 valence electrons. The maximum Gasteiger partial charge on any atom is 0.126 e. The fourth-order valence-electron chi connectivity index (χ4n) is 3.50. The Kier molecular flexibility index (Phi) is 5.09. The Morgan fingerprint density at radius 2 is 1.91 bits per heavy atom. The molecule has 4 heteroatoms. The summed E-state index contributed by atoms with van der Waals surface area (Å²) in [4.78, 5) is 2.40. The number of hydrogen-bond donors (Lipinski definition) is 1. The molecule has 2 aromatic rings. The molecule has 0 unspecified atom stereocenters. The van der Waals surface area contributed by atoms with Crippen LogP contribution in [0.2, 0.25) is 0 Å². The number of aromatic hydroxyl groups is 1. The van der Waals surface area contributed by atoms with Gasteiger partial charge in [-0.15, -0.1) is 11.6 Å². The van der Waals surface area contributed by atoms with E-state index < -0.39 is 0 Å². The van der Waals surface area contributed by atoms with Crippen molar-refractivity contribution in [2.45, 2.75) is 12.5 Å². The normalized spacial score (nSPS) is 21.5. The zero-order valence-electron chi connectivity index (χ0n) is 13.3. The van der Waals surface area contributed by atoms with Gasteiger partial charge in [-0.3, -0.25) is 4.90 Å². The Labute approximate surface area is 142 Å². The van der Waals surface area contributed by atoms with Crippen molar-refractivity contribution in [3.63, 3.8) is 0 Å². The molecule has 3 nitrogen and oxygen atoms in total. The lowest BCUT2D eigenvalue weighted by atomic mass is 9.89. The summed E-state index contributed by atoms with van der Waals surface area (Å²) in [6.45, 7) is 2.71. The van der Waals surface area contributed by atoms with Crippen molar-refractivity contribution in [2.75, 3.05) is 26.1 Å². The summed E-state index contributed by atoms with van der Waals surface area (Å²) in [5, 5.41) is 10.3. The standard InChI is InChI=1S/C19H22ClNO2/c1-23-18-9-5-8-17(22)19(18)16-13-21(12-15(16)10-20)11-14-6-3-2-4-7-14/h2-9,15-16,22H,10-13H2,1H3/t15-,16-/m0/s1. The van der Waals surface area contributed by atoms with Crippen LogP contribution in [0.15, 0.2) is 48.5 Å². The molecule has 2 atom stereocenters. The molecule has 1 fully saturated rings. The van der Waals surface area contributed by atoms with Crippen LogP contribution < -0.4 is 4.74 Å². The summed E-state index contributed by atoms with van der Waals surface area (Å²) in [5.41, 5.74) is 2.18. The number of phenols is 1. The van der Waals surface area contributed by atoms with Crippen molar-refractivity contribution in [2.24, 2.45) is 5.92 Å². The molecule has 0 amide bonds. The number of halogens is 1.